The highest BCUT2D eigenvalue weighted by molar-refractivity contribution is 7.83. The maximum atomic E-state index is 11.7. The van der Waals surface area contributed by atoms with Crippen molar-refractivity contribution in [1.82, 2.24) is 0 Å². The third-order valence-corrected chi connectivity index (χ3v) is 5.43. The van der Waals surface area contributed by atoms with Gasteiger partial charge in [0.1, 0.15) is 11.0 Å². The SMILES string of the molecule is CC1(C)OB(c2ccc(S(N)=O)c3ccccc23)OC1(C)C. The summed E-state index contributed by atoms with van der Waals surface area (Å²) in [7, 11) is -1.97. The highest BCUT2D eigenvalue weighted by Gasteiger charge is 2.52. The Kier molecular flexibility index (Phi) is 3.68. The van der Waals surface area contributed by atoms with E-state index in [9.17, 15) is 4.21 Å². The molecule has 1 aliphatic rings. The predicted octanol–water partition coefficient (Wildman–Crippen LogP) is 2.12. The fraction of sp³-hybridized carbons (Fsp3) is 0.375. The molecule has 2 N–H and O–H groups in total. The molecule has 0 saturated carbocycles. The summed E-state index contributed by atoms with van der Waals surface area (Å²) in [5.74, 6) is 0. The first-order chi connectivity index (χ1) is 10.2. The molecule has 0 bridgehead atoms. The molecule has 1 unspecified atom stereocenters. The minimum Gasteiger partial charge on any atom is -0.399 e. The molecule has 4 nitrogen and oxygen atoms in total. The molecule has 2 aromatic carbocycles. The van der Waals surface area contributed by atoms with Gasteiger partial charge in [-0.25, -0.2) is 9.35 Å². The molecule has 3 rings (SSSR count). The smallest absolute Gasteiger partial charge is 0.399 e. The van der Waals surface area contributed by atoms with Gasteiger partial charge in [0.15, 0.2) is 0 Å². The molecule has 0 spiro atoms. The summed E-state index contributed by atoms with van der Waals surface area (Å²) < 4.78 is 24.0. The van der Waals surface area contributed by atoms with E-state index < -0.39 is 29.3 Å². The Balaban J connectivity index is 2.14. The summed E-state index contributed by atoms with van der Waals surface area (Å²) in [6.45, 7) is 8.11. The quantitative estimate of drug-likeness (QED) is 0.863. The van der Waals surface area contributed by atoms with E-state index in [0.29, 0.717) is 4.90 Å². The Morgan fingerprint density at radius 3 is 2.05 bits per heavy atom. The minimum absolute atomic E-state index is 0.395. The monoisotopic (exact) mass is 317 g/mol. The third kappa shape index (κ3) is 2.40. The van der Waals surface area contributed by atoms with Gasteiger partial charge in [-0.3, -0.25) is 0 Å². The lowest BCUT2D eigenvalue weighted by Gasteiger charge is -2.32. The molecular formula is C16H20BNO3S. The van der Waals surface area contributed by atoms with Gasteiger partial charge in [0.05, 0.1) is 16.1 Å². The van der Waals surface area contributed by atoms with E-state index in [4.69, 9.17) is 14.4 Å². The average Bonchev–Trinajstić information content (AvgIpc) is 2.65. The molecule has 1 aliphatic heterocycles. The number of hydrogen-bond acceptors (Lipinski definition) is 3. The summed E-state index contributed by atoms with van der Waals surface area (Å²) in [6.07, 6.45) is 0. The highest BCUT2D eigenvalue weighted by Crippen LogP contribution is 2.37. The van der Waals surface area contributed by atoms with Crippen molar-refractivity contribution in [1.29, 1.82) is 0 Å². The molecular weight excluding hydrogens is 297 g/mol. The lowest BCUT2D eigenvalue weighted by Crippen LogP contribution is -2.41. The Morgan fingerprint density at radius 1 is 0.955 bits per heavy atom. The van der Waals surface area contributed by atoms with Gasteiger partial charge >= 0.3 is 7.12 Å². The van der Waals surface area contributed by atoms with Gasteiger partial charge in [-0.1, -0.05) is 30.3 Å². The zero-order valence-corrected chi connectivity index (χ0v) is 14.1. The summed E-state index contributed by atoms with van der Waals surface area (Å²) in [6, 6.07) is 11.4. The first-order valence-electron chi connectivity index (χ1n) is 7.26. The van der Waals surface area contributed by atoms with Crippen molar-refractivity contribution in [3.63, 3.8) is 0 Å². The second-order valence-electron chi connectivity index (χ2n) is 6.58. The van der Waals surface area contributed by atoms with Gasteiger partial charge < -0.3 is 9.31 Å². The van der Waals surface area contributed by atoms with Crippen molar-refractivity contribution < 1.29 is 13.5 Å². The topological polar surface area (TPSA) is 61.5 Å². The van der Waals surface area contributed by atoms with Crippen LogP contribution >= 0.6 is 0 Å². The molecule has 1 heterocycles. The van der Waals surface area contributed by atoms with Crippen molar-refractivity contribution in [2.75, 3.05) is 0 Å². The van der Waals surface area contributed by atoms with Crippen LogP contribution in [0.2, 0.25) is 0 Å². The largest absolute Gasteiger partial charge is 0.495 e. The summed E-state index contributed by atoms with van der Waals surface area (Å²) in [5, 5.41) is 7.41. The molecule has 1 atom stereocenters. The number of rotatable bonds is 2. The van der Waals surface area contributed by atoms with Crippen molar-refractivity contribution in [3.8, 4) is 0 Å². The molecule has 6 heteroatoms. The van der Waals surface area contributed by atoms with Crippen molar-refractivity contribution in [2.24, 2.45) is 5.14 Å². The van der Waals surface area contributed by atoms with E-state index in [1.54, 1.807) is 6.07 Å². The molecule has 0 radical (unpaired) electrons. The lowest BCUT2D eigenvalue weighted by atomic mass is 9.76. The van der Waals surface area contributed by atoms with Crippen molar-refractivity contribution in [3.05, 3.63) is 36.4 Å². The zero-order chi connectivity index (χ0) is 16.1. The Bertz CT molecular complexity index is 744. The normalized spacial score (nSPS) is 21.2. The summed E-state index contributed by atoms with van der Waals surface area (Å²) >= 11 is 0. The maximum absolute atomic E-state index is 11.7. The van der Waals surface area contributed by atoms with Gasteiger partial charge in [0.2, 0.25) is 0 Å². The van der Waals surface area contributed by atoms with Gasteiger partial charge in [-0.15, -0.1) is 0 Å². The number of nitrogens with two attached hydrogens (primary N) is 1. The van der Waals surface area contributed by atoms with Gasteiger partial charge in [0.25, 0.3) is 0 Å². The van der Waals surface area contributed by atoms with E-state index >= 15 is 0 Å². The molecule has 0 amide bonds. The predicted molar refractivity (Wildman–Crippen MR) is 90.3 cm³/mol. The zero-order valence-electron chi connectivity index (χ0n) is 13.3. The second-order valence-corrected chi connectivity index (χ2v) is 7.62. The number of benzene rings is 2. The lowest BCUT2D eigenvalue weighted by molar-refractivity contribution is 0.00578. The fourth-order valence-electron chi connectivity index (χ4n) is 2.65. The van der Waals surface area contributed by atoms with Crippen LogP contribution in [-0.2, 0) is 20.3 Å². The molecule has 22 heavy (non-hydrogen) atoms. The van der Waals surface area contributed by atoms with E-state index in [-0.39, 0.29) is 0 Å². The van der Waals surface area contributed by atoms with Gasteiger partial charge in [0, 0.05) is 0 Å². The van der Waals surface area contributed by atoms with E-state index in [2.05, 4.69) is 0 Å². The minimum atomic E-state index is -1.53. The third-order valence-electron chi connectivity index (χ3n) is 4.64. The van der Waals surface area contributed by atoms with Crippen LogP contribution in [0.4, 0.5) is 0 Å². The van der Waals surface area contributed by atoms with Crippen LogP contribution in [0.3, 0.4) is 0 Å². The van der Waals surface area contributed by atoms with Gasteiger partial charge in [-0.05, 0) is 50.0 Å². The van der Waals surface area contributed by atoms with Crippen LogP contribution in [0, 0.1) is 0 Å². The van der Waals surface area contributed by atoms with Crippen molar-refractivity contribution >= 4 is 34.3 Å². The number of fused-ring (bicyclic) bond motifs is 1. The second kappa shape index (κ2) is 5.16. The molecule has 1 saturated heterocycles. The van der Waals surface area contributed by atoms with Crippen LogP contribution in [-0.4, -0.2) is 22.5 Å². The molecule has 0 aliphatic carbocycles. The van der Waals surface area contributed by atoms with Crippen LogP contribution in [0.5, 0.6) is 0 Å². The Labute approximate surface area is 133 Å². The van der Waals surface area contributed by atoms with Crippen LogP contribution in [0.25, 0.3) is 10.8 Å². The molecule has 2 aromatic rings. The highest BCUT2D eigenvalue weighted by atomic mass is 32.2. The fourth-order valence-corrected chi connectivity index (χ4v) is 3.24. The standard InChI is InChI=1S/C16H20BNO3S/c1-15(2)16(3,4)21-17(20-15)13-9-10-14(22(18)19)12-8-6-5-7-11(12)13/h5-10H,18H2,1-4H3. The van der Waals surface area contributed by atoms with Crippen LogP contribution in [0.1, 0.15) is 27.7 Å². The van der Waals surface area contributed by atoms with Gasteiger partial charge in [-0.2, -0.15) is 0 Å². The van der Waals surface area contributed by atoms with E-state index in [1.165, 1.54) is 0 Å². The van der Waals surface area contributed by atoms with Crippen LogP contribution < -0.4 is 10.6 Å². The number of hydrogen-bond donors (Lipinski definition) is 1. The summed E-state index contributed by atoms with van der Waals surface area (Å²) in [5.41, 5.74) is 0.144. The summed E-state index contributed by atoms with van der Waals surface area (Å²) in [4.78, 5) is 0.621. The van der Waals surface area contributed by atoms with E-state index in [1.807, 2.05) is 58.0 Å². The Morgan fingerprint density at radius 2 is 1.50 bits per heavy atom. The molecule has 116 valence electrons. The molecule has 0 aromatic heterocycles. The molecule has 1 fully saturated rings. The van der Waals surface area contributed by atoms with Crippen LogP contribution in [0.15, 0.2) is 41.3 Å². The maximum Gasteiger partial charge on any atom is 0.495 e. The average molecular weight is 317 g/mol. The van der Waals surface area contributed by atoms with Crippen molar-refractivity contribution in [2.45, 2.75) is 43.8 Å². The van der Waals surface area contributed by atoms with E-state index in [0.717, 1.165) is 16.2 Å². The first-order valence-corrected chi connectivity index (χ1v) is 8.48. The first kappa shape index (κ1) is 15.7. The Hall–Kier alpha value is -1.21.